The highest BCUT2D eigenvalue weighted by Crippen LogP contribution is 2.47. The van der Waals surface area contributed by atoms with Crippen molar-refractivity contribution in [2.24, 2.45) is 0 Å². The zero-order chi connectivity index (χ0) is 27.5. The molecule has 0 radical (unpaired) electrons. The van der Waals surface area contributed by atoms with Gasteiger partial charge in [0.05, 0.1) is 11.6 Å². The zero-order valence-electron chi connectivity index (χ0n) is 19.9. The monoisotopic (exact) mass is 544 g/mol. The van der Waals surface area contributed by atoms with Crippen LogP contribution in [0.5, 0.6) is 17.2 Å². The third-order valence-electron chi connectivity index (χ3n) is 6.86. The van der Waals surface area contributed by atoms with E-state index in [1.165, 1.54) is 6.07 Å². The molecule has 0 spiro atoms. The van der Waals surface area contributed by atoms with E-state index >= 15 is 0 Å². The molecule has 3 aliphatic carbocycles. The molecule has 3 saturated carbocycles. The summed E-state index contributed by atoms with van der Waals surface area (Å²) in [5.41, 5.74) is -1.66. The second-order valence-electron chi connectivity index (χ2n) is 9.38. The first-order chi connectivity index (χ1) is 18.0. The van der Waals surface area contributed by atoms with E-state index < -0.39 is 72.0 Å². The Hall–Kier alpha value is -3.61. The lowest BCUT2D eigenvalue weighted by Gasteiger charge is -2.56. The molecule has 0 heterocycles. The summed E-state index contributed by atoms with van der Waals surface area (Å²) in [4.78, 5) is 25.0. The summed E-state index contributed by atoms with van der Waals surface area (Å²) in [6.07, 6.45) is 0.790. The Morgan fingerprint density at radius 2 is 1.45 bits per heavy atom. The third-order valence-corrected chi connectivity index (χ3v) is 6.86. The second-order valence-corrected chi connectivity index (χ2v) is 9.38. The number of aliphatic hydroxyl groups excluding tert-OH is 1. The van der Waals surface area contributed by atoms with Crippen LogP contribution in [0.2, 0.25) is 0 Å². The number of hydrogen-bond acceptors (Lipinski definition) is 6. The largest absolute Gasteiger partial charge is 0.484 e. The predicted molar refractivity (Wildman–Crippen MR) is 121 cm³/mol. The Kier molecular flexibility index (Phi) is 7.95. The van der Waals surface area contributed by atoms with Crippen molar-refractivity contribution in [3.05, 3.63) is 53.8 Å². The van der Waals surface area contributed by atoms with Gasteiger partial charge in [0.1, 0.15) is 11.5 Å². The highest BCUT2D eigenvalue weighted by molar-refractivity contribution is 5.79. The smallest absolute Gasteiger partial charge is 0.387 e. The van der Waals surface area contributed by atoms with Gasteiger partial charge in [-0.1, -0.05) is 0 Å². The molecule has 38 heavy (non-hydrogen) atoms. The van der Waals surface area contributed by atoms with E-state index in [0.717, 1.165) is 30.3 Å². The second kappa shape index (κ2) is 11.0. The number of ether oxygens (including phenoxy) is 3. The van der Waals surface area contributed by atoms with Crippen LogP contribution < -0.4 is 24.8 Å². The molecule has 3 aliphatic rings. The van der Waals surface area contributed by atoms with Crippen molar-refractivity contribution in [2.45, 2.75) is 55.9 Å². The lowest BCUT2D eigenvalue weighted by molar-refractivity contribution is -0.137. The maximum Gasteiger partial charge on any atom is 0.387 e. The molecular weight excluding hydrogens is 519 g/mol. The minimum atomic E-state index is -3.23. The summed E-state index contributed by atoms with van der Waals surface area (Å²) >= 11 is 0. The summed E-state index contributed by atoms with van der Waals surface area (Å²) in [5, 5.41) is 16.5. The normalized spacial score (nSPS) is 24.1. The number of carbonyl (C=O) groups is 2. The van der Waals surface area contributed by atoms with Gasteiger partial charge >= 0.3 is 6.61 Å². The Bertz CT molecular complexity index is 1190. The third kappa shape index (κ3) is 6.26. The van der Waals surface area contributed by atoms with Crippen LogP contribution >= 0.6 is 0 Å². The average molecular weight is 544 g/mol. The average Bonchev–Trinajstić information content (AvgIpc) is 2.86. The van der Waals surface area contributed by atoms with Crippen LogP contribution in [0.3, 0.4) is 0 Å². The molecule has 0 saturated heterocycles. The number of hydrogen-bond donors (Lipinski definition) is 3. The molecule has 0 aromatic heterocycles. The first-order valence-corrected chi connectivity index (χ1v) is 11.7. The summed E-state index contributed by atoms with van der Waals surface area (Å²) in [6.45, 7) is -4.18. The molecule has 2 aromatic rings. The number of nitrogens with one attached hydrogen (secondary N) is 2. The van der Waals surface area contributed by atoms with E-state index in [9.17, 15) is 36.6 Å². The fourth-order valence-corrected chi connectivity index (χ4v) is 4.93. The van der Waals surface area contributed by atoms with Gasteiger partial charge in [-0.3, -0.25) is 9.59 Å². The molecule has 206 valence electrons. The predicted octanol–water partition coefficient (Wildman–Crippen LogP) is 3.21. The standard InChI is InChI=1S/C25H25F5N2O6/c26-16-3-1-14(9-18(16)28)36-12-21(34)31-24-5-7-25(8-6-24,20(33)11-24)32-22(35)13-37-15-2-4-17(27)19(10-15)38-23(29)30/h1-4,9-10,20,23,33H,5-8,11-13H2,(H,31,34)(H,32,35)/t20-,24?,25?/m0/s1. The number of rotatable bonds is 10. The summed E-state index contributed by atoms with van der Waals surface area (Å²) in [5.74, 6) is -5.02. The Morgan fingerprint density at radius 1 is 0.868 bits per heavy atom. The van der Waals surface area contributed by atoms with Crippen molar-refractivity contribution in [2.75, 3.05) is 13.2 Å². The van der Waals surface area contributed by atoms with Gasteiger partial charge in [0.2, 0.25) is 0 Å². The first-order valence-electron chi connectivity index (χ1n) is 11.7. The molecule has 8 nitrogen and oxygen atoms in total. The van der Waals surface area contributed by atoms with Crippen LogP contribution in [0.15, 0.2) is 36.4 Å². The van der Waals surface area contributed by atoms with Crippen molar-refractivity contribution >= 4 is 11.8 Å². The maximum atomic E-state index is 13.6. The van der Waals surface area contributed by atoms with Gasteiger partial charge in [-0.2, -0.15) is 8.78 Å². The van der Waals surface area contributed by atoms with Crippen LogP contribution in [-0.2, 0) is 9.59 Å². The lowest BCUT2D eigenvalue weighted by Crippen LogP contribution is -2.70. The SMILES string of the molecule is O=C(COc1ccc(F)c(F)c1)NC12CCC(NC(=O)COc3ccc(F)c(OC(F)F)c3)(CC1)[C@@H](O)C2. The highest BCUT2D eigenvalue weighted by atomic mass is 19.3. The number of fused-ring (bicyclic) bond motifs is 3. The van der Waals surface area contributed by atoms with Gasteiger partial charge in [0, 0.05) is 17.7 Å². The number of alkyl halides is 2. The Morgan fingerprint density at radius 3 is 2.03 bits per heavy atom. The minimum Gasteiger partial charge on any atom is -0.484 e. The van der Waals surface area contributed by atoms with Gasteiger partial charge in [-0.05, 0) is 56.4 Å². The summed E-state index contributed by atoms with van der Waals surface area (Å²) in [6, 6.07) is 5.84. The molecule has 0 unspecified atom stereocenters. The molecular formula is C25H25F5N2O6. The molecule has 2 bridgehead atoms. The van der Waals surface area contributed by atoms with Gasteiger partial charge in [0.25, 0.3) is 11.8 Å². The number of carbonyl (C=O) groups excluding carboxylic acids is 2. The van der Waals surface area contributed by atoms with E-state index in [4.69, 9.17) is 9.47 Å². The molecule has 1 atom stereocenters. The van der Waals surface area contributed by atoms with E-state index in [-0.39, 0.29) is 17.9 Å². The maximum absolute atomic E-state index is 13.6. The van der Waals surface area contributed by atoms with Crippen LogP contribution in [0.4, 0.5) is 22.0 Å². The first kappa shape index (κ1) is 27.4. The van der Waals surface area contributed by atoms with E-state index in [0.29, 0.717) is 25.7 Å². The van der Waals surface area contributed by atoms with E-state index in [1.54, 1.807) is 0 Å². The van der Waals surface area contributed by atoms with E-state index in [2.05, 4.69) is 15.4 Å². The van der Waals surface area contributed by atoms with Crippen LogP contribution in [0.1, 0.15) is 32.1 Å². The Balaban J connectivity index is 1.27. The van der Waals surface area contributed by atoms with Crippen LogP contribution in [-0.4, -0.2) is 53.9 Å². The van der Waals surface area contributed by atoms with Gasteiger partial charge < -0.3 is 30.0 Å². The van der Waals surface area contributed by atoms with Gasteiger partial charge in [-0.15, -0.1) is 0 Å². The fraction of sp³-hybridized carbons (Fsp3) is 0.440. The molecule has 0 aliphatic heterocycles. The molecule has 2 amide bonds. The van der Waals surface area contributed by atoms with Gasteiger partial charge in [0.15, 0.2) is 36.4 Å². The molecule has 5 rings (SSSR count). The van der Waals surface area contributed by atoms with Crippen molar-refractivity contribution < 1.29 is 50.9 Å². The minimum absolute atomic E-state index is 0.00812. The topological polar surface area (TPSA) is 106 Å². The lowest BCUT2D eigenvalue weighted by atomic mass is 9.60. The Labute approximate surface area is 214 Å². The molecule has 3 N–H and O–H groups in total. The number of amides is 2. The summed E-state index contributed by atoms with van der Waals surface area (Å²) in [7, 11) is 0. The quantitative estimate of drug-likeness (QED) is 0.397. The molecule has 3 fully saturated rings. The van der Waals surface area contributed by atoms with E-state index in [1.807, 2.05) is 0 Å². The van der Waals surface area contributed by atoms with Crippen molar-refractivity contribution in [3.8, 4) is 17.2 Å². The summed E-state index contributed by atoms with van der Waals surface area (Å²) < 4.78 is 79.2. The number of benzene rings is 2. The van der Waals surface area contributed by atoms with Crippen molar-refractivity contribution in [1.82, 2.24) is 10.6 Å². The molecule has 13 heteroatoms. The number of halogens is 5. The number of aliphatic hydroxyl groups is 1. The molecule has 2 aromatic carbocycles. The van der Waals surface area contributed by atoms with Crippen molar-refractivity contribution in [3.63, 3.8) is 0 Å². The van der Waals surface area contributed by atoms with Crippen molar-refractivity contribution in [1.29, 1.82) is 0 Å². The zero-order valence-corrected chi connectivity index (χ0v) is 19.9. The van der Waals surface area contributed by atoms with Gasteiger partial charge in [-0.25, -0.2) is 13.2 Å². The highest BCUT2D eigenvalue weighted by Gasteiger charge is 2.55. The van der Waals surface area contributed by atoms with Crippen LogP contribution in [0, 0.1) is 17.5 Å². The van der Waals surface area contributed by atoms with Crippen LogP contribution in [0.25, 0.3) is 0 Å². The fourth-order valence-electron chi connectivity index (χ4n) is 4.93.